The summed E-state index contributed by atoms with van der Waals surface area (Å²) in [7, 11) is -3.89. The number of nitrogens with one attached hydrogen (secondary N) is 2. The Balaban J connectivity index is 1.80. The van der Waals surface area contributed by atoms with Gasteiger partial charge in [0.2, 0.25) is 10.0 Å². The van der Waals surface area contributed by atoms with Crippen molar-refractivity contribution in [2.45, 2.75) is 18.7 Å². The minimum absolute atomic E-state index is 0.0256. The van der Waals surface area contributed by atoms with Gasteiger partial charge in [-0.05, 0) is 48.6 Å². The van der Waals surface area contributed by atoms with Gasteiger partial charge in [0.25, 0.3) is 11.8 Å². The number of hydrogen-bond acceptors (Lipinski definition) is 7. The van der Waals surface area contributed by atoms with E-state index in [1.807, 2.05) is 6.92 Å². The SMILES string of the molecule is Cc1ccc(S(=O)(=O)NCC(=O)OCC(=O)NC(=O)c2cccs2)cc1C. The predicted molar refractivity (Wildman–Crippen MR) is 98.9 cm³/mol. The molecule has 27 heavy (non-hydrogen) atoms. The highest BCUT2D eigenvalue weighted by molar-refractivity contribution is 7.89. The van der Waals surface area contributed by atoms with E-state index in [0.29, 0.717) is 4.88 Å². The zero-order chi connectivity index (χ0) is 20.0. The molecule has 0 unspecified atom stereocenters. The number of esters is 1. The van der Waals surface area contributed by atoms with E-state index in [4.69, 9.17) is 0 Å². The molecule has 1 heterocycles. The normalized spacial score (nSPS) is 11.0. The Morgan fingerprint density at radius 1 is 1.11 bits per heavy atom. The average molecular weight is 410 g/mol. The van der Waals surface area contributed by atoms with Gasteiger partial charge in [0.1, 0.15) is 6.54 Å². The van der Waals surface area contributed by atoms with Crippen molar-refractivity contribution in [2.24, 2.45) is 0 Å². The third kappa shape index (κ3) is 5.98. The van der Waals surface area contributed by atoms with E-state index >= 15 is 0 Å². The molecule has 0 radical (unpaired) electrons. The maximum Gasteiger partial charge on any atom is 0.321 e. The van der Waals surface area contributed by atoms with E-state index in [2.05, 4.69) is 14.8 Å². The topological polar surface area (TPSA) is 119 Å². The van der Waals surface area contributed by atoms with Gasteiger partial charge in [0.05, 0.1) is 9.77 Å². The number of imide groups is 1. The summed E-state index contributed by atoms with van der Waals surface area (Å²) >= 11 is 1.16. The molecule has 0 saturated carbocycles. The van der Waals surface area contributed by atoms with E-state index in [9.17, 15) is 22.8 Å². The van der Waals surface area contributed by atoms with E-state index in [1.54, 1.807) is 30.5 Å². The lowest BCUT2D eigenvalue weighted by atomic mass is 10.1. The fourth-order valence-corrected chi connectivity index (χ4v) is 3.62. The number of benzene rings is 1. The third-order valence-electron chi connectivity index (χ3n) is 3.56. The number of carbonyl (C=O) groups excluding carboxylic acids is 3. The molecule has 0 spiro atoms. The Morgan fingerprint density at radius 2 is 1.85 bits per heavy atom. The number of hydrogen-bond donors (Lipinski definition) is 2. The van der Waals surface area contributed by atoms with Crippen molar-refractivity contribution >= 4 is 39.1 Å². The second-order valence-corrected chi connectivity index (χ2v) is 8.30. The summed E-state index contributed by atoms with van der Waals surface area (Å²) in [5.41, 5.74) is 1.74. The summed E-state index contributed by atoms with van der Waals surface area (Å²) in [6, 6.07) is 7.79. The summed E-state index contributed by atoms with van der Waals surface area (Å²) < 4.78 is 31.1. The van der Waals surface area contributed by atoms with Gasteiger partial charge in [-0.1, -0.05) is 12.1 Å². The molecule has 10 heteroatoms. The fraction of sp³-hybridized carbons (Fsp3) is 0.235. The predicted octanol–water partition coefficient (Wildman–Crippen LogP) is 1.14. The van der Waals surface area contributed by atoms with Crippen LogP contribution < -0.4 is 10.0 Å². The molecule has 0 fully saturated rings. The van der Waals surface area contributed by atoms with Crippen LogP contribution in [-0.4, -0.2) is 39.4 Å². The summed E-state index contributed by atoms with van der Waals surface area (Å²) in [4.78, 5) is 35.3. The number of carbonyl (C=O) groups is 3. The van der Waals surface area contributed by atoms with Crippen LogP contribution in [0.4, 0.5) is 0 Å². The second kappa shape index (κ2) is 8.89. The monoisotopic (exact) mass is 410 g/mol. The summed E-state index contributed by atoms with van der Waals surface area (Å²) in [6.07, 6.45) is 0. The molecule has 0 bridgehead atoms. The van der Waals surface area contributed by atoms with Gasteiger partial charge >= 0.3 is 5.97 Å². The quantitative estimate of drug-likeness (QED) is 0.661. The highest BCUT2D eigenvalue weighted by atomic mass is 32.2. The van der Waals surface area contributed by atoms with E-state index in [-0.39, 0.29) is 4.90 Å². The zero-order valence-corrected chi connectivity index (χ0v) is 16.3. The average Bonchev–Trinajstić information content (AvgIpc) is 3.15. The highest BCUT2D eigenvalue weighted by Gasteiger charge is 2.18. The number of rotatable bonds is 7. The van der Waals surface area contributed by atoms with Gasteiger partial charge in [0, 0.05) is 0 Å². The third-order valence-corrected chi connectivity index (χ3v) is 5.82. The van der Waals surface area contributed by atoms with Crippen LogP contribution in [0.1, 0.15) is 20.8 Å². The van der Waals surface area contributed by atoms with Gasteiger partial charge in [-0.2, -0.15) is 4.72 Å². The van der Waals surface area contributed by atoms with E-state index < -0.39 is 41.0 Å². The lowest BCUT2D eigenvalue weighted by Gasteiger charge is -2.09. The Morgan fingerprint density at radius 3 is 2.48 bits per heavy atom. The van der Waals surface area contributed by atoms with Crippen LogP contribution in [0, 0.1) is 13.8 Å². The summed E-state index contributed by atoms with van der Waals surface area (Å²) in [6.45, 7) is 2.30. The van der Waals surface area contributed by atoms with E-state index in [0.717, 1.165) is 22.5 Å². The van der Waals surface area contributed by atoms with Crippen LogP contribution in [0.5, 0.6) is 0 Å². The first kappa shape index (κ1) is 20.7. The summed E-state index contributed by atoms with van der Waals surface area (Å²) in [5, 5.41) is 3.75. The standard InChI is InChI=1S/C17H18N2O6S2/c1-11-5-6-13(8-12(11)2)27(23,24)18-9-16(21)25-10-15(20)19-17(22)14-4-3-7-26-14/h3-8,18H,9-10H2,1-2H3,(H,19,20,22). The molecule has 0 aliphatic carbocycles. The molecular formula is C17H18N2O6S2. The van der Waals surface area contributed by atoms with Gasteiger partial charge < -0.3 is 4.74 Å². The Bertz CT molecular complexity index is 952. The Labute approximate surface area is 160 Å². The molecule has 0 atom stereocenters. The molecule has 0 aliphatic rings. The molecule has 0 aliphatic heterocycles. The smallest absolute Gasteiger partial charge is 0.321 e. The van der Waals surface area contributed by atoms with Crippen LogP contribution in [0.25, 0.3) is 0 Å². The van der Waals surface area contributed by atoms with Crippen molar-refractivity contribution in [3.8, 4) is 0 Å². The first-order chi connectivity index (χ1) is 12.7. The number of ether oxygens (including phenoxy) is 1. The maximum absolute atomic E-state index is 12.2. The van der Waals surface area contributed by atoms with Crippen molar-refractivity contribution in [3.05, 3.63) is 51.7 Å². The van der Waals surface area contributed by atoms with Crippen molar-refractivity contribution < 1.29 is 27.5 Å². The first-order valence-electron chi connectivity index (χ1n) is 7.79. The van der Waals surface area contributed by atoms with Gasteiger partial charge in [-0.3, -0.25) is 19.7 Å². The van der Waals surface area contributed by atoms with Gasteiger partial charge in [-0.15, -0.1) is 11.3 Å². The Hall–Kier alpha value is -2.56. The number of amides is 2. The molecule has 2 amide bonds. The minimum atomic E-state index is -3.89. The van der Waals surface area contributed by atoms with Gasteiger partial charge in [-0.25, -0.2) is 8.42 Å². The van der Waals surface area contributed by atoms with Crippen molar-refractivity contribution in [1.29, 1.82) is 0 Å². The molecule has 1 aromatic carbocycles. The number of thiophene rings is 1. The van der Waals surface area contributed by atoms with Gasteiger partial charge in [0.15, 0.2) is 6.61 Å². The maximum atomic E-state index is 12.2. The van der Waals surface area contributed by atoms with E-state index in [1.165, 1.54) is 12.1 Å². The molecule has 8 nitrogen and oxygen atoms in total. The number of aryl methyl sites for hydroxylation is 2. The van der Waals surface area contributed by atoms with Crippen molar-refractivity contribution in [3.63, 3.8) is 0 Å². The molecular weight excluding hydrogens is 392 g/mol. The summed E-state index contributed by atoms with van der Waals surface area (Å²) in [5.74, 6) is -2.35. The highest BCUT2D eigenvalue weighted by Crippen LogP contribution is 2.14. The molecule has 1 aromatic heterocycles. The van der Waals surface area contributed by atoms with Crippen molar-refractivity contribution in [1.82, 2.24) is 10.0 Å². The minimum Gasteiger partial charge on any atom is -0.455 e. The van der Waals surface area contributed by atoms with Crippen LogP contribution in [0.15, 0.2) is 40.6 Å². The van der Waals surface area contributed by atoms with Crippen LogP contribution >= 0.6 is 11.3 Å². The molecule has 144 valence electrons. The lowest BCUT2D eigenvalue weighted by Crippen LogP contribution is -2.36. The fourth-order valence-electron chi connectivity index (χ4n) is 1.95. The van der Waals surface area contributed by atoms with Crippen LogP contribution in [0.3, 0.4) is 0 Å². The van der Waals surface area contributed by atoms with Crippen LogP contribution in [-0.2, 0) is 24.3 Å². The second-order valence-electron chi connectivity index (χ2n) is 5.59. The molecule has 2 aromatic rings. The molecule has 2 rings (SSSR count). The zero-order valence-electron chi connectivity index (χ0n) is 14.6. The number of sulfonamides is 1. The first-order valence-corrected chi connectivity index (χ1v) is 10.2. The Kier molecular flexibility index (Phi) is 6.83. The molecule has 0 saturated heterocycles. The van der Waals surface area contributed by atoms with Crippen molar-refractivity contribution in [2.75, 3.05) is 13.2 Å². The van der Waals surface area contributed by atoms with Crippen LogP contribution in [0.2, 0.25) is 0 Å². The molecule has 2 N–H and O–H groups in total. The largest absolute Gasteiger partial charge is 0.455 e. The lowest BCUT2D eigenvalue weighted by molar-refractivity contribution is -0.147.